The third-order valence-corrected chi connectivity index (χ3v) is 2.89. The van der Waals surface area contributed by atoms with Crippen LogP contribution in [-0.4, -0.2) is 18.0 Å². The molecule has 1 amide bonds. The zero-order chi connectivity index (χ0) is 13.9. The topological polar surface area (TPSA) is 41.1 Å². The van der Waals surface area contributed by atoms with Gasteiger partial charge in [-0.05, 0) is 32.5 Å². The van der Waals surface area contributed by atoms with Crippen LogP contribution in [0.15, 0.2) is 16.6 Å². The summed E-state index contributed by atoms with van der Waals surface area (Å²) in [6.45, 7) is 5.70. The molecule has 0 fully saturated rings. The van der Waals surface area contributed by atoms with Gasteiger partial charge < -0.3 is 10.6 Å². The summed E-state index contributed by atoms with van der Waals surface area (Å²) < 4.78 is 27.4. The number of nitrogens with one attached hydrogen (secondary N) is 2. The zero-order valence-corrected chi connectivity index (χ0v) is 12.0. The molecule has 100 valence electrons. The quantitative estimate of drug-likeness (QED) is 0.895. The van der Waals surface area contributed by atoms with Crippen LogP contribution in [0.25, 0.3) is 0 Å². The van der Waals surface area contributed by atoms with Crippen molar-refractivity contribution in [3.05, 3.63) is 28.2 Å². The lowest BCUT2D eigenvalue weighted by Gasteiger charge is -2.24. The van der Waals surface area contributed by atoms with Gasteiger partial charge in [0.25, 0.3) is 0 Å². The Labute approximate surface area is 113 Å². The van der Waals surface area contributed by atoms with Crippen molar-refractivity contribution in [2.45, 2.75) is 26.3 Å². The molecule has 1 aromatic rings. The Balaban J connectivity index is 2.95. The summed E-state index contributed by atoms with van der Waals surface area (Å²) >= 11 is 2.97. The van der Waals surface area contributed by atoms with Gasteiger partial charge in [0, 0.05) is 4.47 Å². The van der Waals surface area contributed by atoms with Crippen LogP contribution in [0.5, 0.6) is 0 Å². The first-order valence-electron chi connectivity index (χ1n) is 5.49. The number of likely N-dealkylation sites (N-methyl/N-ethyl adjacent to an activating group) is 1. The van der Waals surface area contributed by atoms with Crippen LogP contribution in [0.2, 0.25) is 0 Å². The zero-order valence-electron chi connectivity index (χ0n) is 10.4. The molecular weight excluding hydrogens is 306 g/mol. The normalized spacial score (nSPS) is 11.4. The first kappa shape index (κ1) is 15.0. The average Bonchev–Trinajstić information content (AvgIpc) is 2.22. The minimum Gasteiger partial charge on any atom is -0.320 e. The van der Waals surface area contributed by atoms with E-state index in [4.69, 9.17) is 0 Å². The fourth-order valence-electron chi connectivity index (χ4n) is 1.45. The first-order chi connectivity index (χ1) is 8.27. The van der Waals surface area contributed by atoms with Crippen molar-refractivity contribution in [1.29, 1.82) is 0 Å². The third-order valence-electron chi connectivity index (χ3n) is 2.43. The average molecular weight is 321 g/mol. The molecule has 0 aliphatic carbocycles. The molecule has 0 radical (unpaired) electrons. The lowest BCUT2D eigenvalue weighted by atomic mass is 10.0. The van der Waals surface area contributed by atoms with Gasteiger partial charge in [-0.1, -0.05) is 22.9 Å². The van der Waals surface area contributed by atoms with Crippen molar-refractivity contribution < 1.29 is 13.6 Å². The summed E-state index contributed by atoms with van der Waals surface area (Å²) in [7, 11) is 0. The summed E-state index contributed by atoms with van der Waals surface area (Å²) in [5, 5.41) is 5.18. The predicted molar refractivity (Wildman–Crippen MR) is 70.4 cm³/mol. The number of carbonyl (C=O) groups is 1. The Morgan fingerprint density at radius 1 is 1.33 bits per heavy atom. The second kappa shape index (κ2) is 5.75. The van der Waals surface area contributed by atoms with Crippen LogP contribution in [-0.2, 0) is 4.79 Å². The van der Waals surface area contributed by atoms with Gasteiger partial charge in [0.2, 0.25) is 5.91 Å². The summed E-state index contributed by atoms with van der Waals surface area (Å²) in [6, 6.07) is 2.19. The standard InChI is InChI=1S/C12H15BrF2N2O/c1-4-16-12(2,3)11(18)17-10-8(14)5-7(13)6-9(10)15/h5-6,16H,4H2,1-3H3,(H,17,18). The minimum atomic E-state index is -0.902. The van der Waals surface area contributed by atoms with E-state index in [1.165, 1.54) is 0 Å². The molecule has 18 heavy (non-hydrogen) atoms. The molecule has 0 unspecified atom stereocenters. The van der Waals surface area contributed by atoms with Crippen molar-refractivity contribution >= 4 is 27.5 Å². The van der Waals surface area contributed by atoms with Gasteiger partial charge in [-0.2, -0.15) is 0 Å². The highest BCUT2D eigenvalue weighted by molar-refractivity contribution is 9.10. The molecule has 2 N–H and O–H groups in total. The summed E-state index contributed by atoms with van der Waals surface area (Å²) in [5.74, 6) is -2.13. The second-order valence-corrected chi connectivity index (χ2v) is 5.27. The number of halogens is 3. The molecule has 0 aliphatic heterocycles. The highest BCUT2D eigenvalue weighted by Crippen LogP contribution is 2.24. The number of amides is 1. The van der Waals surface area contributed by atoms with E-state index in [9.17, 15) is 13.6 Å². The molecular formula is C12H15BrF2N2O. The number of carbonyl (C=O) groups excluding carboxylic acids is 1. The smallest absolute Gasteiger partial charge is 0.244 e. The number of hydrogen-bond acceptors (Lipinski definition) is 2. The number of anilines is 1. The monoisotopic (exact) mass is 320 g/mol. The van der Waals surface area contributed by atoms with Crippen molar-refractivity contribution in [3.8, 4) is 0 Å². The molecule has 1 rings (SSSR count). The minimum absolute atomic E-state index is 0.279. The Kier molecular flexibility index (Phi) is 4.81. The Morgan fingerprint density at radius 3 is 2.28 bits per heavy atom. The molecule has 3 nitrogen and oxygen atoms in total. The summed E-state index contributed by atoms with van der Waals surface area (Å²) in [5.41, 5.74) is -1.34. The van der Waals surface area contributed by atoms with E-state index < -0.39 is 28.8 Å². The van der Waals surface area contributed by atoms with E-state index in [0.717, 1.165) is 12.1 Å². The van der Waals surface area contributed by atoms with E-state index in [-0.39, 0.29) is 4.47 Å². The third kappa shape index (κ3) is 3.49. The van der Waals surface area contributed by atoms with Crippen LogP contribution in [0, 0.1) is 11.6 Å². The number of hydrogen-bond donors (Lipinski definition) is 2. The lowest BCUT2D eigenvalue weighted by molar-refractivity contribution is -0.121. The number of benzene rings is 1. The molecule has 0 bridgehead atoms. The van der Waals surface area contributed by atoms with E-state index in [1.807, 2.05) is 6.92 Å². The summed E-state index contributed by atoms with van der Waals surface area (Å²) in [4.78, 5) is 11.9. The predicted octanol–water partition coefficient (Wildman–Crippen LogP) is 3.05. The Hall–Kier alpha value is -1.01. The fourth-order valence-corrected chi connectivity index (χ4v) is 1.86. The summed E-state index contributed by atoms with van der Waals surface area (Å²) in [6.07, 6.45) is 0. The highest BCUT2D eigenvalue weighted by atomic mass is 79.9. The van der Waals surface area contributed by atoms with Crippen LogP contribution in [0.4, 0.5) is 14.5 Å². The van der Waals surface area contributed by atoms with Crippen LogP contribution >= 0.6 is 15.9 Å². The maximum absolute atomic E-state index is 13.5. The van der Waals surface area contributed by atoms with Crippen LogP contribution in [0.1, 0.15) is 20.8 Å². The maximum atomic E-state index is 13.5. The molecule has 0 atom stereocenters. The van der Waals surface area contributed by atoms with Crippen molar-refractivity contribution in [2.75, 3.05) is 11.9 Å². The molecule has 0 heterocycles. The van der Waals surface area contributed by atoms with Gasteiger partial charge in [0.15, 0.2) is 11.6 Å². The Bertz CT molecular complexity index is 440. The molecule has 1 aromatic carbocycles. The fraction of sp³-hybridized carbons (Fsp3) is 0.417. The van der Waals surface area contributed by atoms with Gasteiger partial charge in [-0.25, -0.2) is 8.78 Å². The van der Waals surface area contributed by atoms with E-state index >= 15 is 0 Å². The SMILES string of the molecule is CCNC(C)(C)C(=O)Nc1c(F)cc(Br)cc1F. The van der Waals surface area contributed by atoms with Gasteiger partial charge in [0.05, 0.1) is 5.54 Å². The lowest BCUT2D eigenvalue weighted by Crippen LogP contribution is -2.49. The van der Waals surface area contributed by atoms with Crippen LogP contribution < -0.4 is 10.6 Å². The first-order valence-corrected chi connectivity index (χ1v) is 6.28. The van der Waals surface area contributed by atoms with Gasteiger partial charge in [0.1, 0.15) is 5.69 Å². The molecule has 0 aromatic heterocycles. The van der Waals surface area contributed by atoms with Gasteiger partial charge >= 0.3 is 0 Å². The number of rotatable bonds is 4. The largest absolute Gasteiger partial charge is 0.320 e. The second-order valence-electron chi connectivity index (χ2n) is 4.35. The molecule has 0 spiro atoms. The van der Waals surface area contributed by atoms with Crippen molar-refractivity contribution in [3.63, 3.8) is 0 Å². The maximum Gasteiger partial charge on any atom is 0.244 e. The van der Waals surface area contributed by atoms with E-state index in [0.29, 0.717) is 6.54 Å². The molecule has 0 saturated heterocycles. The van der Waals surface area contributed by atoms with Crippen molar-refractivity contribution in [1.82, 2.24) is 5.32 Å². The van der Waals surface area contributed by atoms with E-state index in [1.54, 1.807) is 13.8 Å². The van der Waals surface area contributed by atoms with Gasteiger partial charge in [-0.15, -0.1) is 0 Å². The Morgan fingerprint density at radius 2 is 1.83 bits per heavy atom. The van der Waals surface area contributed by atoms with Crippen molar-refractivity contribution in [2.24, 2.45) is 0 Å². The van der Waals surface area contributed by atoms with Crippen LogP contribution in [0.3, 0.4) is 0 Å². The highest BCUT2D eigenvalue weighted by Gasteiger charge is 2.27. The molecule has 0 aliphatic rings. The molecule has 6 heteroatoms. The molecule has 0 saturated carbocycles. The van der Waals surface area contributed by atoms with Gasteiger partial charge in [-0.3, -0.25) is 4.79 Å². The van der Waals surface area contributed by atoms with E-state index in [2.05, 4.69) is 26.6 Å².